The molecule has 3 rings (SSSR count). The van der Waals surface area contributed by atoms with Crippen molar-refractivity contribution in [3.63, 3.8) is 0 Å². The van der Waals surface area contributed by atoms with E-state index in [-0.39, 0.29) is 0 Å². The second-order valence-corrected chi connectivity index (χ2v) is 4.80. The fourth-order valence-corrected chi connectivity index (χ4v) is 2.52. The van der Waals surface area contributed by atoms with Gasteiger partial charge in [-0.25, -0.2) is 0 Å². The van der Waals surface area contributed by atoms with Crippen molar-refractivity contribution in [2.45, 2.75) is 0 Å². The van der Waals surface area contributed by atoms with Gasteiger partial charge in [-0.05, 0) is 17.5 Å². The predicted octanol–water partition coefficient (Wildman–Crippen LogP) is 2.75. The summed E-state index contributed by atoms with van der Waals surface area (Å²) in [6.07, 6.45) is 2.77. The highest BCUT2D eigenvalue weighted by Gasteiger charge is 2.15. The van der Waals surface area contributed by atoms with Crippen LogP contribution in [0.25, 0.3) is 22.2 Å². The Bertz CT molecular complexity index is 695. The van der Waals surface area contributed by atoms with Crippen molar-refractivity contribution in [2.24, 2.45) is 0 Å². The summed E-state index contributed by atoms with van der Waals surface area (Å²) in [6, 6.07) is 5.12. The molecule has 3 aromatic heterocycles. The highest BCUT2D eigenvalue weighted by Crippen LogP contribution is 2.32. The molecular formula is C11H6ClN3O2S. The highest BCUT2D eigenvalue weighted by atomic mass is 35.5. The molecule has 18 heavy (non-hydrogen) atoms. The first-order valence-corrected chi connectivity index (χ1v) is 6.26. The summed E-state index contributed by atoms with van der Waals surface area (Å²) in [7, 11) is 0. The molecule has 0 aliphatic heterocycles. The zero-order chi connectivity index (χ0) is 12.5. The van der Waals surface area contributed by atoms with Gasteiger partial charge in [0, 0.05) is 6.07 Å². The van der Waals surface area contributed by atoms with Crippen LogP contribution in [0.15, 0.2) is 40.5 Å². The maximum atomic E-state index is 11.2. The molecule has 0 N–H and O–H groups in total. The summed E-state index contributed by atoms with van der Waals surface area (Å²) in [5.74, 6) is 0.714. The van der Waals surface area contributed by atoms with Gasteiger partial charge in [0.1, 0.15) is 4.88 Å². The molecular weight excluding hydrogens is 274 g/mol. The largest absolute Gasteiger partial charge is 0.619 e. The van der Waals surface area contributed by atoms with E-state index in [1.54, 1.807) is 18.2 Å². The quantitative estimate of drug-likeness (QED) is 0.534. The minimum atomic E-state index is 0.353. The van der Waals surface area contributed by atoms with Crippen LogP contribution in [-0.4, -0.2) is 10.1 Å². The summed E-state index contributed by atoms with van der Waals surface area (Å²) in [5, 5.41) is 17.4. The van der Waals surface area contributed by atoms with E-state index in [2.05, 4.69) is 10.1 Å². The van der Waals surface area contributed by atoms with Crippen molar-refractivity contribution < 1.29 is 9.25 Å². The Balaban J connectivity index is 2.02. The second kappa shape index (κ2) is 4.40. The minimum Gasteiger partial charge on any atom is -0.619 e. The predicted molar refractivity (Wildman–Crippen MR) is 67.0 cm³/mol. The first kappa shape index (κ1) is 11.2. The number of hydrogen-bond donors (Lipinski definition) is 0. The molecule has 0 aliphatic rings. The molecule has 0 saturated carbocycles. The van der Waals surface area contributed by atoms with Crippen molar-refractivity contribution in [1.29, 1.82) is 0 Å². The van der Waals surface area contributed by atoms with E-state index in [0.717, 1.165) is 4.88 Å². The number of nitrogens with zero attached hydrogens (tertiary/aromatic N) is 3. The zero-order valence-corrected chi connectivity index (χ0v) is 10.5. The third kappa shape index (κ3) is 1.96. The van der Waals surface area contributed by atoms with E-state index in [9.17, 15) is 5.21 Å². The van der Waals surface area contributed by atoms with Gasteiger partial charge in [0.2, 0.25) is 5.82 Å². The lowest BCUT2D eigenvalue weighted by atomic mass is 10.3. The second-order valence-electron chi connectivity index (χ2n) is 3.47. The van der Waals surface area contributed by atoms with E-state index in [1.807, 2.05) is 5.38 Å². The lowest BCUT2D eigenvalue weighted by Crippen LogP contribution is -2.24. The molecule has 0 amide bonds. The van der Waals surface area contributed by atoms with Gasteiger partial charge >= 0.3 is 0 Å². The molecule has 90 valence electrons. The first-order valence-electron chi connectivity index (χ1n) is 5.00. The molecule has 3 aromatic rings. The maximum absolute atomic E-state index is 11.2. The fourth-order valence-electron chi connectivity index (χ4n) is 1.47. The van der Waals surface area contributed by atoms with Crippen LogP contribution >= 0.6 is 22.9 Å². The van der Waals surface area contributed by atoms with Crippen LogP contribution in [0, 0.1) is 5.21 Å². The summed E-state index contributed by atoms with van der Waals surface area (Å²) in [4.78, 5) is 4.94. The van der Waals surface area contributed by atoms with Crippen molar-refractivity contribution in [3.8, 4) is 22.2 Å². The molecule has 0 aromatic carbocycles. The Morgan fingerprint density at radius 2 is 2.28 bits per heavy atom. The van der Waals surface area contributed by atoms with Gasteiger partial charge in [0.05, 0.1) is 10.6 Å². The third-order valence-corrected chi connectivity index (χ3v) is 3.60. The van der Waals surface area contributed by atoms with Gasteiger partial charge in [-0.15, -0.1) is 11.3 Å². The highest BCUT2D eigenvalue weighted by molar-refractivity contribution is 7.14. The molecule has 3 heterocycles. The zero-order valence-electron chi connectivity index (χ0n) is 8.91. The Labute approximate surface area is 111 Å². The summed E-state index contributed by atoms with van der Waals surface area (Å²) in [6.45, 7) is 0. The van der Waals surface area contributed by atoms with E-state index in [1.165, 1.54) is 23.7 Å². The first-order chi connectivity index (χ1) is 8.74. The number of pyridine rings is 1. The lowest BCUT2D eigenvalue weighted by molar-refractivity contribution is -0.604. The van der Waals surface area contributed by atoms with Crippen LogP contribution in [0.3, 0.4) is 0 Å². The number of rotatable bonds is 2. The van der Waals surface area contributed by atoms with E-state index < -0.39 is 0 Å². The van der Waals surface area contributed by atoms with Crippen LogP contribution in [0.2, 0.25) is 5.02 Å². The van der Waals surface area contributed by atoms with Crippen LogP contribution in [-0.2, 0) is 0 Å². The van der Waals surface area contributed by atoms with Crippen molar-refractivity contribution >= 4 is 22.9 Å². The van der Waals surface area contributed by atoms with Crippen molar-refractivity contribution in [2.75, 3.05) is 0 Å². The summed E-state index contributed by atoms with van der Waals surface area (Å²) in [5.41, 5.74) is 0.593. The summed E-state index contributed by atoms with van der Waals surface area (Å²) >= 11 is 7.40. The number of hydrogen-bond acceptors (Lipinski definition) is 5. The normalized spacial score (nSPS) is 10.7. The van der Waals surface area contributed by atoms with Gasteiger partial charge in [-0.1, -0.05) is 16.8 Å². The Morgan fingerprint density at radius 1 is 1.39 bits per heavy atom. The molecule has 0 atom stereocenters. The summed E-state index contributed by atoms with van der Waals surface area (Å²) < 4.78 is 5.82. The van der Waals surface area contributed by atoms with Crippen LogP contribution in [0.1, 0.15) is 0 Å². The number of aromatic nitrogens is 3. The van der Waals surface area contributed by atoms with Crippen LogP contribution in [0.5, 0.6) is 0 Å². The van der Waals surface area contributed by atoms with E-state index in [4.69, 9.17) is 16.1 Å². The minimum absolute atomic E-state index is 0.353. The molecule has 0 fully saturated rings. The third-order valence-electron chi connectivity index (χ3n) is 2.27. The molecule has 0 saturated heterocycles. The SMILES string of the molecule is [O-][n+]1cccc(-c2noc(-c3sccc3Cl)n2)c1. The average molecular weight is 280 g/mol. The monoisotopic (exact) mass is 279 g/mol. The van der Waals surface area contributed by atoms with E-state index >= 15 is 0 Å². The molecule has 0 bridgehead atoms. The fraction of sp³-hybridized carbons (Fsp3) is 0. The maximum Gasteiger partial charge on any atom is 0.269 e. The average Bonchev–Trinajstić information content (AvgIpc) is 2.97. The molecule has 5 nitrogen and oxygen atoms in total. The molecule has 0 aliphatic carbocycles. The van der Waals surface area contributed by atoms with Gasteiger partial charge in [0.15, 0.2) is 12.4 Å². The standard InChI is InChI=1S/C11H6ClN3O2S/c12-8-3-5-18-9(8)11-13-10(14-17-11)7-2-1-4-15(16)6-7/h1-6H. The smallest absolute Gasteiger partial charge is 0.269 e. The van der Waals surface area contributed by atoms with Crippen LogP contribution < -0.4 is 4.73 Å². The molecule has 0 unspecified atom stereocenters. The van der Waals surface area contributed by atoms with Crippen molar-refractivity contribution in [1.82, 2.24) is 10.1 Å². The topological polar surface area (TPSA) is 65.9 Å². The van der Waals surface area contributed by atoms with Gasteiger partial charge in [-0.2, -0.15) is 9.71 Å². The van der Waals surface area contributed by atoms with Gasteiger partial charge in [-0.3, -0.25) is 0 Å². The van der Waals surface area contributed by atoms with E-state index in [0.29, 0.717) is 27.0 Å². The molecule has 0 spiro atoms. The van der Waals surface area contributed by atoms with Gasteiger partial charge < -0.3 is 9.73 Å². The Hall–Kier alpha value is -1.92. The molecule has 7 heteroatoms. The van der Waals surface area contributed by atoms with Crippen molar-refractivity contribution in [3.05, 3.63) is 46.2 Å². The van der Waals surface area contributed by atoms with Crippen LogP contribution in [0.4, 0.5) is 0 Å². The lowest BCUT2D eigenvalue weighted by Gasteiger charge is -1.95. The number of halogens is 1. The van der Waals surface area contributed by atoms with Gasteiger partial charge in [0.25, 0.3) is 5.89 Å². The molecule has 0 radical (unpaired) electrons. The Morgan fingerprint density at radius 3 is 3.00 bits per heavy atom. The Kier molecular flexibility index (Phi) is 2.73. The number of thiophene rings is 1.